The first-order valence-electron chi connectivity index (χ1n) is 6.61. The van der Waals surface area contributed by atoms with Crippen LogP contribution in [0.25, 0.3) is 0 Å². The average molecular weight is 315 g/mol. The summed E-state index contributed by atoms with van der Waals surface area (Å²) in [5.74, 6) is 0.0574. The Kier molecular flexibility index (Phi) is 6.41. The van der Waals surface area contributed by atoms with Crippen LogP contribution in [0.15, 0.2) is 12.1 Å². The molecule has 0 saturated heterocycles. The van der Waals surface area contributed by atoms with Crippen LogP contribution in [0.3, 0.4) is 0 Å². The molecule has 118 valence electrons. The van der Waals surface area contributed by atoms with E-state index in [0.717, 1.165) is 25.6 Å². The summed E-state index contributed by atoms with van der Waals surface area (Å²) in [6.07, 6.45) is 3.11. The minimum Gasteiger partial charge on any atom is -0.465 e. The fourth-order valence-corrected chi connectivity index (χ4v) is 1.96. The van der Waals surface area contributed by atoms with Crippen molar-refractivity contribution in [3.8, 4) is 0 Å². The zero-order valence-corrected chi connectivity index (χ0v) is 13.3. The average Bonchev–Trinajstić information content (AvgIpc) is 2.43. The van der Waals surface area contributed by atoms with Crippen molar-refractivity contribution in [3.05, 3.63) is 17.7 Å². The van der Waals surface area contributed by atoms with E-state index in [1.165, 1.54) is 13.2 Å². The minimum absolute atomic E-state index is 0.251. The van der Waals surface area contributed by atoms with E-state index in [4.69, 9.17) is 0 Å². The second-order valence-corrected chi connectivity index (χ2v) is 6.79. The van der Waals surface area contributed by atoms with E-state index in [1.807, 2.05) is 0 Å². The van der Waals surface area contributed by atoms with Crippen LogP contribution in [-0.2, 0) is 14.6 Å². The molecular weight excluding hydrogens is 294 g/mol. The van der Waals surface area contributed by atoms with Crippen molar-refractivity contribution >= 4 is 27.4 Å². The number of carbonyl (C=O) groups excluding carboxylic acids is 1. The Hall–Kier alpha value is -1.83. The number of methoxy groups -OCH3 is 1. The van der Waals surface area contributed by atoms with Gasteiger partial charge in [0, 0.05) is 12.8 Å². The first kappa shape index (κ1) is 17.2. The topological polar surface area (TPSA) is 97.4 Å². The van der Waals surface area contributed by atoms with Gasteiger partial charge in [-0.05, 0) is 18.6 Å². The Bertz CT molecular complexity index is 587. The lowest BCUT2D eigenvalue weighted by Crippen LogP contribution is -2.15. The molecule has 0 atom stereocenters. The molecule has 8 heteroatoms. The SMILES string of the molecule is CCCCNc1cc(C(=O)OC)cc(NCS(C)(=O)=O)n1. The van der Waals surface area contributed by atoms with Gasteiger partial charge < -0.3 is 15.4 Å². The maximum atomic E-state index is 11.6. The lowest BCUT2D eigenvalue weighted by Gasteiger charge is -2.10. The van der Waals surface area contributed by atoms with E-state index in [1.54, 1.807) is 6.07 Å². The number of unbranched alkanes of at least 4 members (excludes halogenated alkanes) is 1. The van der Waals surface area contributed by atoms with Crippen LogP contribution in [0.1, 0.15) is 30.1 Å². The van der Waals surface area contributed by atoms with Crippen LogP contribution in [0, 0.1) is 0 Å². The number of nitrogens with zero attached hydrogens (tertiary/aromatic N) is 1. The highest BCUT2D eigenvalue weighted by atomic mass is 32.2. The van der Waals surface area contributed by atoms with Gasteiger partial charge in [0.25, 0.3) is 0 Å². The van der Waals surface area contributed by atoms with E-state index < -0.39 is 15.8 Å². The quantitative estimate of drug-likeness (QED) is 0.554. The highest BCUT2D eigenvalue weighted by molar-refractivity contribution is 7.90. The van der Waals surface area contributed by atoms with Crippen LogP contribution in [0.2, 0.25) is 0 Å². The highest BCUT2D eigenvalue weighted by Crippen LogP contribution is 2.15. The fraction of sp³-hybridized carbons (Fsp3) is 0.538. The van der Waals surface area contributed by atoms with Crippen molar-refractivity contribution in [2.45, 2.75) is 19.8 Å². The largest absolute Gasteiger partial charge is 0.465 e. The van der Waals surface area contributed by atoms with Crippen molar-refractivity contribution in [1.82, 2.24) is 4.98 Å². The Morgan fingerprint density at radius 1 is 1.29 bits per heavy atom. The Morgan fingerprint density at radius 2 is 1.90 bits per heavy atom. The van der Waals surface area contributed by atoms with Gasteiger partial charge in [0.15, 0.2) is 9.84 Å². The second kappa shape index (κ2) is 7.82. The Morgan fingerprint density at radius 3 is 2.43 bits per heavy atom. The molecule has 1 aromatic rings. The number of sulfone groups is 1. The van der Waals surface area contributed by atoms with Gasteiger partial charge in [-0.2, -0.15) is 0 Å². The van der Waals surface area contributed by atoms with Gasteiger partial charge in [0.2, 0.25) is 0 Å². The molecule has 0 amide bonds. The monoisotopic (exact) mass is 315 g/mol. The molecule has 0 unspecified atom stereocenters. The molecule has 21 heavy (non-hydrogen) atoms. The summed E-state index contributed by atoms with van der Waals surface area (Å²) in [5, 5.41) is 5.78. The number of rotatable bonds is 8. The smallest absolute Gasteiger partial charge is 0.338 e. The zero-order chi connectivity index (χ0) is 15.9. The normalized spacial score (nSPS) is 11.0. The van der Waals surface area contributed by atoms with Crippen LogP contribution in [0.5, 0.6) is 0 Å². The third kappa shape index (κ3) is 6.44. The predicted octanol–water partition coefficient (Wildman–Crippen LogP) is 1.49. The van der Waals surface area contributed by atoms with Crippen molar-refractivity contribution in [3.63, 3.8) is 0 Å². The van der Waals surface area contributed by atoms with Gasteiger partial charge in [-0.3, -0.25) is 0 Å². The molecule has 0 fully saturated rings. The molecule has 1 rings (SSSR count). The van der Waals surface area contributed by atoms with Gasteiger partial charge >= 0.3 is 5.97 Å². The van der Waals surface area contributed by atoms with Gasteiger partial charge in [-0.15, -0.1) is 0 Å². The number of ether oxygens (including phenoxy) is 1. The summed E-state index contributed by atoms with van der Waals surface area (Å²) in [4.78, 5) is 15.9. The fourth-order valence-electron chi connectivity index (χ4n) is 1.55. The van der Waals surface area contributed by atoms with Crippen LogP contribution in [0.4, 0.5) is 11.6 Å². The molecule has 1 heterocycles. The highest BCUT2D eigenvalue weighted by Gasteiger charge is 2.11. The lowest BCUT2D eigenvalue weighted by atomic mass is 10.2. The molecule has 0 aliphatic carbocycles. The molecule has 1 aromatic heterocycles. The van der Waals surface area contributed by atoms with Crippen LogP contribution >= 0.6 is 0 Å². The molecule has 2 N–H and O–H groups in total. The minimum atomic E-state index is -3.18. The number of hydrogen-bond acceptors (Lipinski definition) is 7. The summed E-state index contributed by atoms with van der Waals surface area (Å²) in [5.41, 5.74) is 0.308. The van der Waals surface area contributed by atoms with E-state index in [2.05, 4.69) is 27.3 Å². The van der Waals surface area contributed by atoms with Gasteiger partial charge in [0.05, 0.1) is 12.7 Å². The molecule has 0 saturated carbocycles. The zero-order valence-electron chi connectivity index (χ0n) is 12.5. The number of hydrogen-bond donors (Lipinski definition) is 2. The number of nitrogens with one attached hydrogen (secondary N) is 2. The molecule has 0 aromatic carbocycles. The van der Waals surface area contributed by atoms with Crippen molar-refractivity contribution in [2.24, 2.45) is 0 Å². The van der Waals surface area contributed by atoms with Crippen molar-refractivity contribution < 1.29 is 17.9 Å². The Balaban J connectivity index is 2.94. The lowest BCUT2D eigenvalue weighted by molar-refractivity contribution is 0.0600. The van der Waals surface area contributed by atoms with Crippen molar-refractivity contribution in [2.75, 3.05) is 36.4 Å². The third-order valence-corrected chi connectivity index (χ3v) is 3.27. The maximum absolute atomic E-state index is 11.6. The number of esters is 1. The van der Waals surface area contributed by atoms with E-state index in [9.17, 15) is 13.2 Å². The predicted molar refractivity (Wildman–Crippen MR) is 82.3 cm³/mol. The molecule has 0 aliphatic rings. The van der Waals surface area contributed by atoms with Crippen molar-refractivity contribution in [1.29, 1.82) is 0 Å². The number of pyridine rings is 1. The maximum Gasteiger partial charge on any atom is 0.338 e. The summed E-state index contributed by atoms with van der Waals surface area (Å²) < 4.78 is 27.0. The number of carbonyl (C=O) groups is 1. The van der Waals surface area contributed by atoms with Gasteiger partial charge in [-0.1, -0.05) is 13.3 Å². The molecule has 0 spiro atoms. The third-order valence-electron chi connectivity index (χ3n) is 2.60. The summed E-state index contributed by atoms with van der Waals surface area (Å²) in [6.45, 7) is 2.79. The molecule has 0 radical (unpaired) electrons. The van der Waals surface area contributed by atoms with Crippen LogP contribution in [-0.4, -0.2) is 45.2 Å². The standard InChI is InChI=1S/C13H21N3O4S/c1-4-5-6-14-11-7-10(13(17)20-2)8-12(16-11)15-9-21(3,18)19/h7-8H,4-6,9H2,1-3H3,(H2,14,15,16). The molecule has 0 aliphatic heterocycles. The summed E-state index contributed by atoms with van der Waals surface area (Å²) in [6, 6.07) is 3.04. The van der Waals surface area contributed by atoms with E-state index in [0.29, 0.717) is 17.2 Å². The molecular formula is C13H21N3O4S. The first-order chi connectivity index (χ1) is 9.85. The molecule has 7 nitrogen and oxygen atoms in total. The first-order valence-corrected chi connectivity index (χ1v) is 8.67. The van der Waals surface area contributed by atoms with Crippen LogP contribution < -0.4 is 10.6 Å². The summed E-state index contributed by atoms with van der Waals surface area (Å²) in [7, 11) is -1.89. The van der Waals surface area contributed by atoms with Gasteiger partial charge in [0.1, 0.15) is 17.5 Å². The second-order valence-electron chi connectivity index (χ2n) is 4.65. The molecule has 0 bridgehead atoms. The van der Waals surface area contributed by atoms with E-state index in [-0.39, 0.29) is 5.88 Å². The number of aromatic nitrogens is 1. The van der Waals surface area contributed by atoms with Gasteiger partial charge in [-0.25, -0.2) is 18.2 Å². The Labute approximate surface area is 125 Å². The summed E-state index contributed by atoms with van der Waals surface area (Å²) >= 11 is 0. The van der Waals surface area contributed by atoms with E-state index >= 15 is 0 Å². The number of anilines is 2.